The van der Waals surface area contributed by atoms with Crippen LogP contribution in [-0.2, 0) is 10.0 Å². The number of hydrogen-bond acceptors (Lipinski definition) is 4. The second kappa shape index (κ2) is 8.07. The van der Waals surface area contributed by atoms with Crippen LogP contribution in [0.4, 0.5) is 0 Å². The largest absolute Gasteiger partial charge is 0.354 e. The lowest BCUT2D eigenvalue weighted by atomic mass is 10.1. The fraction of sp³-hybridized carbons (Fsp3) is 0.304. The summed E-state index contributed by atoms with van der Waals surface area (Å²) in [7, 11) is -3.73. The van der Waals surface area contributed by atoms with Crippen LogP contribution in [0.1, 0.15) is 34.8 Å². The quantitative estimate of drug-likeness (QED) is 0.743. The first kappa shape index (κ1) is 20.3. The Kier molecular flexibility index (Phi) is 5.47. The van der Waals surface area contributed by atoms with Gasteiger partial charge in [0.1, 0.15) is 10.7 Å². The van der Waals surface area contributed by atoms with Gasteiger partial charge in [0.05, 0.1) is 0 Å². The molecule has 156 valence electrons. The molecule has 0 aliphatic carbocycles. The fourth-order valence-corrected chi connectivity index (χ4v) is 5.55. The van der Waals surface area contributed by atoms with Gasteiger partial charge >= 0.3 is 0 Å². The number of amides is 1. The van der Waals surface area contributed by atoms with Crippen LogP contribution in [0, 0.1) is 6.92 Å². The van der Waals surface area contributed by atoms with Crippen LogP contribution in [-0.4, -0.2) is 56.1 Å². The van der Waals surface area contributed by atoms with E-state index in [2.05, 4.69) is 4.40 Å². The number of amidine groups is 1. The van der Waals surface area contributed by atoms with E-state index in [1.165, 1.54) is 0 Å². The second-order valence-corrected chi connectivity index (χ2v) is 9.25. The Hall–Kier alpha value is -2.93. The smallest absolute Gasteiger partial charge is 0.285 e. The van der Waals surface area contributed by atoms with Gasteiger partial charge in [-0.05, 0) is 38.0 Å². The van der Waals surface area contributed by atoms with Gasteiger partial charge in [0.15, 0.2) is 0 Å². The number of aryl methyl sites for hydroxylation is 1. The first-order valence-corrected chi connectivity index (χ1v) is 11.5. The number of carbonyl (C=O) groups excluding carboxylic acids is 1. The van der Waals surface area contributed by atoms with E-state index in [1.54, 1.807) is 12.1 Å². The molecule has 0 N–H and O–H groups in total. The molecule has 2 heterocycles. The van der Waals surface area contributed by atoms with E-state index >= 15 is 0 Å². The third kappa shape index (κ3) is 3.89. The molecule has 0 atom stereocenters. The Labute approximate surface area is 177 Å². The monoisotopic (exact) mass is 423 g/mol. The van der Waals surface area contributed by atoms with Gasteiger partial charge in [-0.2, -0.15) is 8.42 Å². The van der Waals surface area contributed by atoms with E-state index in [4.69, 9.17) is 0 Å². The summed E-state index contributed by atoms with van der Waals surface area (Å²) in [5.74, 6) is 0.512. The van der Waals surface area contributed by atoms with E-state index in [9.17, 15) is 13.2 Å². The molecule has 2 aliphatic heterocycles. The normalized spacial score (nSPS) is 18.9. The van der Waals surface area contributed by atoms with Gasteiger partial charge in [-0.3, -0.25) is 4.79 Å². The van der Waals surface area contributed by atoms with Crippen LogP contribution in [0.5, 0.6) is 0 Å². The van der Waals surface area contributed by atoms with E-state index in [0.717, 1.165) is 12.0 Å². The molecule has 0 aromatic heterocycles. The molecule has 6 nitrogen and oxygen atoms in total. The molecule has 0 unspecified atom stereocenters. The van der Waals surface area contributed by atoms with E-state index in [1.807, 2.05) is 66.1 Å². The number of rotatable bonds is 2. The highest BCUT2D eigenvalue weighted by Gasteiger charge is 2.34. The van der Waals surface area contributed by atoms with Crippen LogP contribution >= 0.6 is 0 Å². The summed E-state index contributed by atoms with van der Waals surface area (Å²) < 4.78 is 29.6. The molecule has 0 spiro atoms. The molecule has 30 heavy (non-hydrogen) atoms. The zero-order valence-corrected chi connectivity index (χ0v) is 18.0. The molecule has 2 aromatic rings. The minimum Gasteiger partial charge on any atom is -0.354 e. The van der Waals surface area contributed by atoms with Crippen molar-refractivity contribution < 1.29 is 13.2 Å². The summed E-state index contributed by atoms with van der Waals surface area (Å²) in [5.41, 5.74) is 3.06. The van der Waals surface area contributed by atoms with Crippen molar-refractivity contribution in [2.45, 2.75) is 20.3 Å². The number of nitrogens with zero attached hydrogens (tertiary/aromatic N) is 3. The Balaban J connectivity index is 1.55. The molecule has 4 rings (SSSR count). The molecule has 2 aliphatic rings. The Bertz CT molecular complexity index is 1140. The predicted molar refractivity (Wildman–Crippen MR) is 119 cm³/mol. The fourth-order valence-electron chi connectivity index (χ4n) is 4.07. The summed E-state index contributed by atoms with van der Waals surface area (Å²) >= 11 is 0. The third-order valence-electron chi connectivity index (χ3n) is 5.52. The van der Waals surface area contributed by atoms with Crippen molar-refractivity contribution in [2.24, 2.45) is 4.40 Å². The Morgan fingerprint density at radius 2 is 1.70 bits per heavy atom. The lowest BCUT2D eigenvalue weighted by molar-refractivity contribution is 0.0764. The number of sulfonamides is 1. The molecule has 0 bridgehead atoms. The van der Waals surface area contributed by atoms with Crippen molar-refractivity contribution in [2.75, 3.05) is 26.2 Å². The first-order valence-electron chi connectivity index (χ1n) is 10.1. The zero-order valence-electron chi connectivity index (χ0n) is 17.2. The number of hydrogen-bond donors (Lipinski definition) is 0. The summed E-state index contributed by atoms with van der Waals surface area (Å²) in [4.78, 5) is 17.0. The highest BCUT2D eigenvalue weighted by Crippen LogP contribution is 2.33. The zero-order chi connectivity index (χ0) is 21.3. The molecule has 0 saturated carbocycles. The van der Waals surface area contributed by atoms with Crippen LogP contribution in [0.3, 0.4) is 0 Å². The molecule has 2 aromatic carbocycles. The molecular weight excluding hydrogens is 398 g/mol. The standard InChI is InChI=1S/C23H25N3O3S/c1-17-8-6-11-20(16-17)23(27)26-13-7-12-25(14-15-26)22-18(2)21(30(28,29)24-22)19-9-4-3-5-10-19/h3-6,8-11,16H,7,12-15H2,1-2H3. The van der Waals surface area contributed by atoms with Crippen LogP contribution in [0.25, 0.3) is 4.91 Å². The summed E-state index contributed by atoms with van der Waals surface area (Å²) in [6.45, 7) is 6.15. The number of benzene rings is 2. The lowest BCUT2D eigenvalue weighted by Crippen LogP contribution is -2.37. The third-order valence-corrected chi connectivity index (χ3v) is 7.00. The maximum atomic E-state index is 12.9. The predicted octanol–water partition coefficient (Wildman–Crippen LogP) is 3.32. The van der Waals surface area contributed by atoms with Gasteiger partial charge in [0.2, 0.25) is 0 Å². The van der Waals surface area contributed by atoms with Crippen molar-refractivity contribution in [3.05, 3.63) is 76.9 Å². The minimum absolute atomic E-state index is 0.0128. The summed E-state index contributed by atoms with van der Waals surface area (Å²) in [6.07, 6.45) is 0.755. The average molecular weight is 424 g/mol. The van der Waals surface area contributed by atoms with Gasteiger partial charge in [-0.15, -0.1) is 4.40 Å². The molecule has 7 heteroatoms. The minimum atomic E-state index is -3.73. The van der Waals surface area contributed by atoms with Gasteiger partial charge in [0, 0.05) is 37.3 Å². The van der Waals surface area contributed by atoms with E-state index < -0.39 is 10.0 Å². The Morgan fingerprint density at radius 1 is 0.933 bits per heavy atom. The van der Waals surface area contributed by atoms with Gasteiger partial charge in [-0.25, -0.2) is 0 Å². The highest BCUT2D eigenvalue weighted by atomic mass is 32.2. The molecule has 1 amide bonds. The van der Waals surface area contributed by atoms with Crippen molar-refractivity contribution in [1.82, 2.24) is 9.80 Å². The number of carbonyl (C=O) groups is 1. The second-order valence-electron chi connectivity index (χ2n) is 7.71. The van der Waals surface area contributed by atoms with Gasteiger partial charge in [-0.1, -0.05) is 48.0 Å². The molecule has 0 radical (unpaired) electrons. The maximum absolute atomic E-state index is 12.9. The van der Waals surface area contributed by atoms with Crippen LogP contribution in [0.2, 0.25) is 0 Å². The average Bonchev–Trinajstić information content (AvgIpc) is 2.88. The topological polar surface area (TPSA) is 70.1 Å². The molecule has 1 saturated heterocycles. The van der Waals surface area contributed by atoms with Crippen molar-refractivity contribution >= 4 is 26.7 Å². The van der Waals surface area contributed by atoms with Gasteiger partial charge in [0.25, 0.3) is 15.9 Å². The molecular formula is C23H25N3O3S. The first-order chi connectivity index (χ1) is 14.4. The SMILES string of the molecule is CC1=C(c2ccccc2)S(=O)(=O)N=C1N1CCCN(C(=O)c2cccc(C)c2)CC1. The summed E-state index contributed by atoms with van der Waals surface area (Å²) in [6, 6.07) is 16.7. The van der Waals surface area contributed by atoms with Crippen molar-refractivity contribution in [3.63, 3.8) is 0 Å². The maximum Gasteiger partial charge on any atom is 0.285 e. The van der Waals surface area contributed by atoms with Crippen molar-refractivity contribution in [1.29, 1.82) is 0 Å². The highest BCUT2D eigenvalue weighted by molar-refractivity contribution is 8.00. The lowest BCUT2D eigenvalue weighted by Gasteiger charge is -2.24. The summed E-state index contributed by atoms with van der Waals surface area (Å²) in [5, 5.41) is 0. The van der Waals surface area contributed by atoms with E-state index in [0.29, 0.717) is 48.7 Å². The van der Waals surface area contributed by atoms with Crippen molar-refractivity contribution in [3.8, 4) is 0 Å². The van der Waals surface area contributed by atoms with E-state index in [-0.39, 0.29) is 10.8 Å². The van der Waals surface area contributed by atoms with Crippen LogP contribution in [0.15, 0.2) is 64.6 Å². The Morgan fingerprint density at radius 3 is 2.43 bits per heavy atom. The van der Waals surface area contributed by atoms with Gasteiger partial charge < -0.3 is 9.80 Å². The molecule has 1 fully saturated rings. The van der Waals surface area contributed by atoms with Crippen LogP contribution < -0.4 is 0 Å².